The van der Waals surface area contributed by atoms with Crippen LogP contribution < -0.4 is 4.74 Å². The molecule has 0 saturated carbocycles. The fourth-order valence-electron chi connectivity index (χ4n) is 1.88. The molecular weight excluding hydrogens is 248 g/mol. The third-order valence-corrected chi connectivity index (χ3v) is 5.92. The van der Waals surface area contributed by atoms with Gasteiger partial charge in [0.15, 0.2) is 0 Å². The summed E-state index contributed by atoms with van der Waals surface area (Å²) in [6.07, 6.45) is 0. The minimum absolute atomic E-state index is 0.598. The summed E-state index contributed by atoms with van der Waals surface area (Å²) in [7, 11) is 3.90. The van der Waals surface area contributed by atoms with Crippen LogP contribution in [0.3, 0.4) is 0 Å². The van der Waals surface area contributed by atoms with E-state index >= 15 is 0 Å². The highest BCUT2D eigenvalue weighted by atomic mass is 28.4. The first-order chi connectivity index (χ1) is 8.51. The smallest absolute Gasteiger partial charge is 0.496 e. The van der Waals surface area contributed by atoms with Crippen molar-refractivity contribution < 1.29 is 18.0 Å². The van der Waals surface area contributed by atoms with Crippen LogP contribution in [-0.4, -0.2) is 37.2 Å². The molecule has 0 aliphatic rings. The standard InChI is InChI=1S/C13H22O4Si/c1-10-7-12(13(14-3)8-11(10)2)9-18(15-4,16-5)17-6/h7-8H,9H2,1-6H3. The number of ether oxygens (including phenoxy) is 1. The molecule has 0 aliphatic carbocycles. The third kappa shape index (κ3) is 3.11. The van der Waals surface area contributed by atoms with Gasteiger partial charge in [-0.3, -0.25) is 0 Å². The summed E-state index contributed by atoms with van der Waals surface area (Å²) >= 11 is 0. The predicted molar refractivity (Wildman–Crippen MR) is 73.0 cm³/mol. The monoisotopic (exact) mass is 270 g/mol. The lowest BCUT2D eigenvalue weighted by molar-refractivity contribution is 0.122. The van der Waals surface area contributed by atoms with Crippen molar-refractivity contribution in [1.82, 2.24) is 0 Å². The molecule has 0 spiro atoms. The molecule has 0 fully saturated rings. The molecule has 0 aromatic heterocycles. The molecule has 5 heteroatoms. The van der Waals surface area contributed by atoms with E-state index in [9.17, 15) is 0 Å². The molecule has 0 aliphatic heterocycles. The largest absolute Gasteiger partial charge is 0.504 e. The average Bonchev–Trinajstić information content (AvgIpc) is 2.40. The number of benzene rings is 1. The molecule has 0 N–H and O–H groups in total. The van der Waals surface area contributed by atoms with Crippen LogP contribution in [0.15, 0.2) is 12.1 Å². The number of rotatable bonds is 6. The van der Waals surface area contributed by atoms with Gasteiger partial charge in [0.05, 0.1) is 7.11 Å². The van der Waals surface area contributed by atoms with Gasteiger partial charge < -0.3 is 18.0 Å². The van der Waals surface area contributed by atoms with Crippen LogP contribution >= 0.6 is 0 Å². The lowest BCUT2D eigenvalue weighted by Gasteiger charge is -2.25. The van der Waals surface area contributed by atoms with Crippen LogP contribution in [0.1, 0.15) is 16.7 Å². The van der Waals surface area contributed by atoms with Gasteiger partial charge in [-0.2, -0.15) is 0 Å². The number of hydrogen-bond donors (Lipinski definition) is 0. The Morgan fingerprint density at radius 3 is 1.83 bits per heavy atom. The van der Waals surface area contributed by atoms with Crippen LogP contribution in [0.4, 0.5) is 0 Å². The van der Waals surface area contributed by atoms with E-state index in [1.807, 2.05) is 6.07 Å². The second kappa shape index (κ2) is 6.33. The molecule has 1 aromatic rings. The van der Waals surface area contributed by atoms with Crippen LogP contribution in [0.25, 0.3) is 0 Å². The Bertz CT molecular complexity index is 394. The zero-order chi connectivity index (χ0) is 13.8. The Hall–Kier alpha value is -0.883. The summed E-state index contributed by atoms with van der Waals surface area (Å²) in [4.78, 5) is 0. The molecule has 0 saturated heterocycles. The van der Waals surface area contributed by atoms with E-state index in [0.29, 0.717) is 6.04 Å². The molecule has 0 atom stereocenters. The average molecular weight is 270 g/mol. The highest BCUT2D eigenvalue weighted by molar-refractivity contribution is 6.60. The van der Waals surface area contributed by atoms with E-state index in [0.717, 1.165) is 11.3 Å². The SMILES string of the molecule is COc1cc(C)c(C)cc1C[Si](OC)(OC)OC. The van der Waals surface area contributed by atoms with Crippen molar-refractivity contribution in [2.45, 2.75) is 19.9 Å². The number of aryl methyl sites for hydroxylation is 2. The van der Waals surface area contributed by atoms with E-state index in [1.165, 1.54) is 11.1 Å². The quantitative estimate of drug-likeness (QED) is 0.743. The van der Waals surface area contributed by atoms with E-state index < -0.39 is 8.80 Å². The molecule has 0 bridgehead atoms. The number of hydrogen-bond acceptors (Lipinski definition) is 4. The lowest BCUT2D eigenvalue weighted by Crippen LogP contribution is -2.45. The van der Waals surface area contributed by atoms with Crippen LogP contribution in [0, 0.1) is 13.8 Å². The maximum Gasteiger partial charge on any atom is 0.504 e. The van der Waals surface area contributed by atoms with Crippen molar-refractivity contribution in [3.8, 4) is 5.75 Å². The zero-order valence-electron chi connectivity index (χ0n) is 12.0. The Morgan fingerprint density at radius 1 is 0.889 bits per heavy atom. The summed E-state index contributed by atoms with van der Waals surface area (Å²) in [5, 5.41) is 0. The lowest BCUT2D eigenvalue weighted by atomic mass is 10.1. The maximum absolute atomic E-state index is 5.45. The Labute approximate surface area is 110 Å². The second-order valence-electron chi connectivity index (χ2n) is 4.22. The van der Waals surface area contributed by atoms with Gasteiger partial charge in [-0.05, 0) is 36.6 Å². The van der Waals surface area contributed by atoms with Gasteiger partial charge in [0.25, 0.3) is 0 Å². The van der Waals surface area contributed by atoms with E-state index in [4.69, 9.17) is 18.0 Å². The fourth-order valence-corrected chi connectivity index (χ4v) is 3.55. The summed E-state index contributed by atoms with van der Waals surface area (Å²) in [6, 6.07) is 4.73. The molecule has 0 radical (unpaired) electrons. The fraction of sp³-hybridized carbons (Fsp3) is 0.538. The maximum atomic E-state index is 5.45. The molecule has 4 nitrogen and oxygen atoms in total. The summed E-state index contributed by atoms with van der Waals surface area (Å²) in [5.74, 6) is 0.848. The minimum atomic E-state index is -2.63. The zero-order valence-corrected chi connectivity index (χ0v) is 13.0. The Kier molecular flexibility index (Phi) is 5.34. The summed E-state index contributed by atoms with van der Waals surface area (Å²) < 4.78 is 21.8. The van der Waals surface area contributed by atoms with E-state index in [1.54, 1.807) is 28.4 Å². The minimum Gasteiger partial charge on any atom is -0.496 e. The second-order valence-corrected chi connectivity index (χ2v) is 7.16. The first kappa shape index (κ1) is 15.2. The summed E-state index contributed by atoms with van der Waals surface area (Å²) in [6.45, 7) is 4.14. The topological polar surface area (TPSA) is 36.9 Å². The van der Waals surface area contributed by atoms with Gasteiger partial charge in [0, 0.05) is 27.4 Å². The van der Waals surface area contributed by atoms with Gasteiger partial charge in [-0.15, -0.1) is 0 Å². The van der Waals surface area contributed by atoms with E-state index in [2.05, 4.69) is 19.9 Å². The molecule has 1 aromatic carbocycles. The van der Waals surface area contributed by atoms with Gasteiger partial charge in [0.1, 0.15) is 5.75 Å². The van der Waals surface area contributed by atoms with Crippen LogP contribution in [0.5, 0.6) is 5.75 Å². The molecule has 0 amide bonds. The van der Waals surface area contributed by atoms with Crippen molar-refractivity contribution in [2.24, 2.45) is 0 Å². The Balaban J connectivity index is 3.13. The van der Waals surface area contributed by atoms with Crippen molar-refractivity contribution >= 4 is 8.80 Å². The molecule has 102 valence electrons. The van der Waals surface area contributed by atoms with Crippen molar-refractivity contribution in [1.29, 1.82) is 0 Å². The predicted octanol–water partition coefficient (Wildman–Crippen LogP) is 2.27. The van der Waals surface area contributed by atoms with Crippen molar-refractivity contribution in [3.05, 3.63) is 28.8 Å². The molecule has 1 rings (SSSR count). The molecule has 18 heavy (non-hydrogen) atoms. The van der Waals surface area contributed by atoms with Gasteiger partial charge in [-0.1, -0.05) is 6.07 Å². The number of methoxy groups -OCH3 is 1. The van der Waals surface area contributed by atoms with Crippen LogP contribution in [0.2, 0.25) is 0 Å². The highest BCUT2D eigenvalue weighted by Crippen LogP contribution is 2.26. The van der Waals surface area contributed by atoms with Crippen molar-refractivity contribution in [2.75, 3.05) is 28.4 Å². The van der Waals surface area contributed by atoms with Gasteiger partial charge >= 0.3 is 8.80 Å². The molecule has 0 heterocycles. The molecular formula is C13H22O4Si. The first-order valence-corrected chi connectivity index (χ1v) is 7.74. The van der Waals surface area contributed by atoms with E-state index in [-0.39, 0.29) is 0 Å². The third-order valence-electron chi connectivity index (χ3n) is 3.24. The van der Waals surface area contributed by atoms with Gasteiger partial charge in [0.2, 0.25) is 0 Å². The van der Waals surface area contributed by atoms with Crippen LogP contribution in [-0.2, 0) is 19.3 Å². The Morgan fingerprint density at radius 2 is 1.39 bits per heavy atom. The summed E-state index contributed by atoms with van der Waals surface area (Å²) in [5.41, 5.74) is 3.48. The highest BCUT2D eigenvalue weighted by Gasteiger charge is 2.39. The van der Waals surface area contributed by atoms with Gasteiger partial charge in [-0.25, -0.2) is 0 Å². The normalized spacial score (nSPS) is 11.7. The first-order valence-electron chi connectivity index (χ1n) is 5.81. The molecule has 0 unspecified atom stereocenters. The van der Waals surface area contributed by atoms with Crippen molar-refractivity contribution in [3.63, 3.8) is 0 Å².